The molecule has 0 saturated carbocycles. The van der Waals surface area contributed by atoms with Gasteiger partial charge < -0.3 is 10.2 Å². The van der Waals surface area contributed by atoms with Gasteiger partial charge in [0.1, 0.15) is 0 Å². The predicted molar refractivity (Wildman–Crippen MR) is 95.6 cm³/mol. The topological polar surface area (TPSA) is 49.4 Å². The fourth-order valence-electron chi connectivity index (χ4n) is 3.87. The Morgan fingerprint density at radius 2 is 1.78 bits per heavy atom. The summed E-state index contributed by atoms with van der Waals surface area (Å²) in [6.45, 7) is 1.97. The molecule has 0 aromatic heterocycles. The van der Waals surface area contributed by atoms with Crippen LogP contribution in [0, 0.1) is 0 Å². The number of likely N-dealkylation sites (tertiary alicyclic amines) is 1. The van der Waals surface area contributed by atoms with E-state index in [0.717, 1.165) is 36.0 Å². The number of hydrogen-bond donors (Lipinski definition) is 1. The minimum absolute atomic E-state index is 0.0826. The predicted octanol–water partition coefficient (Wildman–Crippen LogP) is 3.68. The molecule has 1 heterocycles. The summed E-state index contributed by atoms with van der Waals surface area (Å²) in [5, 5.41) is 2.05. The monoisotopic (exact) mass is 380 g/mol. The highest BCUT2D eigenvalue weighted by Gasteiger charge is 2.45. The van der Waals surface area contributed by atoms with Crippen molar-refractivity contribution < 1.29 is 22.8 Å². The highest BCUT2D eigenvalue weighted by Crippen LogP contribution is 2.34. The summed E-state index contributed by atoms with van der Waals surface area (Å²) in [5.41, 5.74) is 1.73. The molecule has 1 aromatic rings. The van der Waals surface area contributed by atoms with E-state index in [-0.39, 0.29) is 12.5 Å². The number of allylic oxidation sites excluding steroid dienone is 1. The van der Waals surface area contributed by atoms with Crippen molar-refractivity contribution in [3.8, 4) is 0 Å². The van der Waals surface area contributed by atoms with Gasteiger partial charge in [-0.05, 0) is 50.2 Å². The standard InChI is InChI=1S/C20H23F3N2O2/c1-19(24-18(27)20(21,22)23)11-12-25(13-19)17(26)16-10-6-5-9-15(16)14-7-3-2-4-8-14/h2-4,7-8H,5-6,9-13H2,1H3,(H,24,27). The average molecular weight is 380 g/mol. The van der Waals surface area contributed by atoms with E-state index in [1.807, 2.05) is 30.3 Å². The van der Waals surface area contributed by atoms with Gasteiger partial charge in [0.15, 0.2) is 0 Å². The molecule has 2 amide bonds. The van der Waals surface area contributed by atoms with Gasteiger partial charge in [-0.1, -0.05) is 30.3 Å². The molecule has 0 radical (unpaired) electrons. The molecule has 27 heavy (non-hydrogen) atoms. The quantitative estimate of drug-likeness (QED) is 0.870. The Labute approximate surface area is 156 Å². The first-order valence-electron chi connectivity index (χ1n) is 9.16. The largest absolute Gasteiger partial charge is 0.471 e. The van der Waals surface area contributed by atoms with Crippen LogP contribution in [0.4, 0.5) is 13.2 Å². The third kappa shape index (κ3) is 4.34. The molecule has 1 aliphatic heterocycles. The normalized spacial score (nSPS) is 23.5. The smallest absolute Gasteiger partial charge is 0.341 e. The molecule has 1 aromatic carbocycles. The van der Waals surface area contributed by atoms with Gasteiger partial charge in [0.25, 0.3) is 0 Å². The van der Waals surface area contributed by atoms with Gasteiger partial charge in [-0.3, -0.25) is 9.59 Å². The maximum atomic E-state index is 13.1. The summed E-state index contributed by atoms with van der Waals surface area (Å²) in [6.07, 6.45) is -1.19. The van der Waals surface area contributed by atoms with Crippen molar-refractivity contribution in [2.75, 3.05) is 13.1 Å². The lowest BCUT2D eigenvalue weighted by atomic mass is 9.86. The van der Waals surface area contributed by atoms with Crippen LogP contribution in [0.2, 0.25) is 0 Å². The Hall–Kier alpha value is -2.31. The van der Waals surface area contributed by atoms with Crippen LogP contribution in [-0.4, -0.2) is 41.5 Å². The van der Waals surface area contributed by atoms with Crippen molar-refractivity contribution in [1.82, 2.24) is 10.2 Å². The van der Waals surface area contributed by atoms with Gasteiger partial charge in [0, 0.05) is 18.7 Å². The first-order valence-corrected chi connectivity index (χ1v) is 9.16. The second-order valence-corrected chi connectivity index (χ2v) is 7.52. The minimum atomic E-state index is -4.92. The first kappa shape index (κ1) is 19.5. The van der Waals surface area contributed by atoms with E-state index < -0.39 is 17.6 Å². The summed E-state index contributed by atoms with van der Waals surface area (Å²) >= 11 is 0. The van der Waals surface area contributed by atoms with Crippen LogP contribution in [-0.2, 0) is 9.59 Å². The van der Waals surface area contributed by atoms with Crippen molar-refractivity contribution in [1.29, 1.82) is 0 Å². The fraction of sp³-hybridized carbons (Fsp3) is 0.500. The summed E-state index contributed by atoms with van der Waals surface area (Å²) < 4.78 is 37.7. The number of amides is 2. The number of alkyl halides is 3. The fourth-order valence-corrected chi connectivity index (χ4v) is 3.87. The van der Waals surface area contributed by atoms with Crippen molar-refractivity contribution in [2.24, 2.45) is 0 Å². The third-order valence-electron chi connectivity index (χ3n) is 5.28. The summed E-state index contributed by atoms with van der Waals surface area (Å²) in [5.74, 6) is -2.08. The molecule has 3 rings (SSSR count). The van der Waals surface area contributed by atoms with Gasteiger partial charge in [0.05, 0.1) is 5.54 Å². The van der Waals surface area contributed by atoms with Gasteiger partial charge in [-0.2, -0.15) is 13.2 Å². The van der Waals surface area contributed by atoms with Gasteiger partial charge >= 0.3 is 12.1 Å². The Balaban J connectivity index is 1.78. The zero-order chi connectivity index (χ0) is 19.7. The molecule has 2 aliphatic rings. The lowest BCUT2D eigenvalue weighted by molar-refractivity contribution is -0.175. The Morgan fingerprint density at radius 1 is 1.11 bits per heavy atom. The minimum Gasteiger partial charge on any atom is -0.341 e. The van der Waals surface area contributed by atoms with Crippen molar-refractivity contribution in [2.45, 2.75) is 50.7 Å². The molecule has 7 heteroatoms. The van der Waals surface area contributed by atoms with Gasteiger partial charge in [0.2, 0.25) is 5.91 Å². The highest BCUT2D eigenvalue weighted by molar-refractivity contribution is 6.01. The summed E-state index contributed by atoms with van der Waals surface area (Å²) in [4.78, 5) is 25.9. The number of hydrogen-bond acceptors (Lipinski definition) is 2. The van der Waals surface area contributed by atoms with E-state index in [1.54, 1.807) is 11.8 Å². The second-order valence-electron chi connectivity index (χ2n) is 7.52. The van der Waals surface area contributed by atoms with E-state index in [0.29, 0.717) is 19.4 Å². The highest BCUT2D eigenvalue weighted by atomic mass is 19.4. The zero-order valence-corrected chi connectivity index (χ0v) is 15.2. The zero-order valence-electron chi connectivity index (χ0n) is 15.2. The van der Waals surface area contributed by atoms with Crippen LogP contribution in [0.5, 0.6) is 0 Å². The Morgan fingerprint density at radius 3 is 2.44 bits per heavy atom. The second kappa shape index (κ2) is 7.37. The number of benzene rings is 1. The van der Waals surface area contributed by atoms with E-state index in [4.69, 9.17) is 0 Å². The lowest BCUT2D eigenvalue weighted by Crippen LogP contribution is -2.52. The number of nitrogens with zero attached hydrogens (tertiary/aromatic N) is 1. The molecule has 0 bridgehead atoms. The molecular formula is C20H23F3N2O2. The molecule has 4 nitrogen and oxygen atoms in total. The van der Waals surface area contributed by atoms with Crippen molar-refractivity contribution >= 4 is 17.4 Å². The lowest BCUT2D eigenvalue weighted by Gasteiger charge is -2.28. The van der Waals surface area contributed by atoms with E-state index in [2.05, 4.69) is 5.32 Å². The van der Waals surface area contributed by atoms with E-state index in [9.17, 15) is 22.8 Å². The number of carbonyl (C=O) groups excluding carboxylic acids is 2. The average Bonchev–Trinajstić information content (AvgIpc) is 3.03. The molecule has 1 N–H and O–H groups in total. The van der Waals surface area contributed by atoms with Crippen molar-refractivity contribution in [3.63, 3.8) is 0 Å². The van der Waals surface area contributed by atoms with Crippen LogP contribution in [0.1, 0.15) is 44.6 Å². The van der Waals surface area contributed by atoms with Crippen molar-refractivity contribution in [3.05, 3.63) is 41.5 Å². The van der Waals surface area contributed by atoms with E-state index in [1.165, 1.54) is 0 Å². The molecule has 1 fully saturated rings. The summed E-state index contributed by atoms with van der Waals surface area (Å²) in [7, 11) is 0. The first-order chi connectivity index (χ1) is 12.7. The summed E-state index contributed by atoms with van der Waals surface area (Å²) in [6, 6.07) is 9.73. The number of nitrogens with one attached hydrogen (secondary N) is 1. The Kier molecular flexibility index (Phi) is 5.31. The van der Waals surface area contributed by atoms with Crippen LogP contribution < -0.4 is 5.32 Å². The molecule has 0 spiro atoms. The Bertz CT molecular complexity index is 758. The van der Waals surface area contributed by atoms with Gasteiger partial charge in [-0.15, -0.1) is 0 Å². The molecule has 1 aliphatic carbocycles. The SMILES string of the molecule is CC1(NC(=O)C(F)(F)F)CCN(C(=O)C2=C(c3ccccc3)CCCC2)C1. The maximum absolute atomic E-state index is 13.1. The van der Waals surface area contributed by atoms with E-state index >= 15 is 0 Å². The number of rotatable bonds is 3. The van der Waals surface area contributed by atoms with Crippen LogP contribution >= 0.6 is 0 Å². The van der Waals surface area contributed by atoms with Crippen LogP contribution in [0.3, 0.4) is 0 Å². The number of carbonyl (C=O) groups is 2. The van der Waals surface area contributed by atoms with Gasteiger partial charge in [-0.25, -0.2) is 0 Å². The number of halogens is 3. The molecule has 1 unspecified atom stereocenters. The molecule has 146 valence electrons. The van der Waals surface area contributed by atoms with Crippen LogP contribution in [0.25, 0.3) is 5.57 Å². The third-order valence-corrected chi connectivity index (χ3v) is 5.28. The molecule has 1 saturated heterocycles. The molecular weight excluding hydrogens is 357 g/mol. The maximum Gasteiger partial charge on any atom is 0.471 e. The van der Waals surface area contributed by atoms with Crippen LogP contribution in [0.15, 0.2) is 35.9 Å². The molecule has 1 atom stereocenters.